The van der Waals surface area contributed by atoms with Gasteiger partial charge >= 0.3 is 0 Å². The standard InChI is InChI=1S/C13H16F2N2O/c14-8-5-9(15)7-10(6-8)17-13(18)11-3-1-2-4-12(11)16/h5-7,11-12H,1-4,16H2,(H,17,18). The molecule has 0 saturated heterocycles. The van der Waals surface area contributed by atoms with Gasteiger partial charge in [0.15, 0.2) is 0 Å². The highest BCUT2D eigenvalue weighted by molar-refractivity contribution is 5.93. The van der Waals surface area contributed by atoms with Crippen molar-refractivity contribution < 1.29 is 13.6 Å². The zero-order valence-corrected chi connectivity index (χ0v) is 9.96. The minimum Gasteiger partial charge on any atom is -0.327 e. The highest BCUT2D eigenvalue weighted by atomic mass is 19.1. The Morgan fingerprint density at radius 2 is 1.78 bits per heavy atom. The molecule has 2 atom stereocenters. The van der Waals surface area contributed by atoms with Crippen LogP contribution in [0.25, 0.3) is 0 Å². The molecule has 0 spiro atoms. The summed E-state index contributed by atoms with van der Waals surface area (Å²) in [5.74, 6) is -1.95. The molecule has 98 valence electrons. The maximum atomic E-state index is 13.0. The molecule has 1 aromatic rings. The third-order valence-corrected chi connectivity index (χ3v) is 3.29. The molecule has 0 radical (unpaired) electrons. The van der Waals surface area contributed by atoms with E-state index in [1.807, 2.05) is 0 Å². The number of carbonyl (C=O) groups excluding carboxylic acids is 1. The van der Waals surface area contributed by atoms with Crippen molar-refractivity contribution in [2.75, 3.05) is 5.32 Å². The van der Waals surface area contributed by atoms with Crippen LogP contribution in [0.3, 0.4) is 0 Å². The van der Waals surface area contributed by atoms with Crippen molar-refractivity contribution >= 4 is 11.6 Å². The average molecular weight is 254 g/mol. The van der Waals surface area contributed by atoms with Crippen LogP contribution in [0.15, 0.2) is 18.2 Å². The Balaban J connectivity index is 2.06. The third-order valence-electron chi connectivity index (χ3n) is 3.29. The van der Waals surface area contributed by atoms with E-state index in [4.69, 9.17) is 5.73 Å². The molecule has 1 amide bonds. The van der Waals surface area contributed by atoms with Crippen molar-refractivity contribution in [1.82, 2.24) is 0 Å². The van der Waals surface area contributed by atoms with E-state index in [9.17, 15) is 13.6 Å². The van der Waals surface area contributed by atoms with Gasteiger partial charge in [-0.2, -0.15) is 0 Å². The predicted molar refractivity (Wildman–Crippen MR) is 64.9 cm³/mol. The first-order valence-electron chi connectivity index (χ1n) is 6.09. The maximum Gasteiger partial charge on any atom is 0.229 e. The molecule has 3 N–H and O–H groups in total. The first kappa shape index (κ1) is 13.0. The molecule has 1 fully saturated rings. The number of halogens is 2. The normalized spacial score (nSPS) is 23.7. The highest BCUT2D eigenvalue weighted by Crippen LogP contribution is 2.24. The molecule has 2 rings (SSSR count). The van der Waals surface area contributed by atoms with Gasteiger partial charge in [0.05, 0.1) is 5.92 Å². The Kier molecular flexibility index (Phi) is 3.91. The van der Waals surface area contributed by atoms with E-state index in [1.165, 1.54) is 0 Å². The number of anilines is 1. The summed E-state index contributed by atoms with van der Waals surface area (Å²) in [5.41, 5.74) is 6.02. The summed E-state index contributed by atoms with van der Waals surface area (Å²) in [7, 11) is 0. The van der Waals surface area contributed by atoms with Gasteiger partial charge in [-0.3, -0.25) is 4.79 Å². The molecule has 0 aromatic heterocycles. The lowest BCUT2D eigenvalue weighted by Gasteiger charge is -2.27. The van der Waals surface area contributed by atoms with Crippen molar-refractivity contribution in [2.45, 2.75) is 31.7 Å². The second-order valence-electron chi connectivity index (χ2n) is 4.70. The summed E-state index contributed by atoms with van der Waals surface area (Å²) in [6.07, 6.45) is 3.53. The fraction of sp³-hybridized carbons (Fsp3) is 0.462. The van der Waals surface area contributed by atoms with Crippen LogP contribution in [0.2, 0.25) is 0 Å². The van der Waals surface area contributed by atoms with E-state index in [1.54, 1.807) is 0 Å². The number of hydrogen-bond donors (Lipinski definition) is 2. The Labute approximate surface area is 104 Å². The first-order chi connectivity index (χ1) is 8.56. The molecule has 2 unspecified atom stereocenters. The molecule has 0 aliphatic heterocycles. The van der Waals surface area contributed by atoms with Gasteiger partial charge in [0, 0.05) is 17.8 Å². The van der Waals surface area contributed by atoms with Crippen LogP contribution in [0.1, 0.15) is 25.7 Å². The predicted octanol–water partition coefficient (Wildman–Crippen LogP) is 2.42. The van der Waals surface area contributed by atoms with Crippen LogP contribution in [-0.4, -0.2) is 11.9 Å². The van der Waals surface area contributed by atoms with E-state index in [0.29, 0.717) is 0 Å². The number of benzene rings is 1. The maximum absolute atomic E-state index is 13.0. The fourth-order valence-corrected chi connectivity index (χ4v) is 2.35. The smallest absolute Gasteiger partial charge is 0.229 e. The van der Waals surface area contributed by atoms with Crippen LogP contribution in [0.4, 0.5) is 14.5 Å². The Morgan fingerprint density at radius 3 is 2.39 bits per heavy atom. The zero-order chi connectivity index (χ0) is 13.1. The topological polar surface area (TPSA) is 55.1 Å². The van der Waals surface area contributed by atoms with Gasteiger partial charge in [0.25, 0.3) is 0 Å². The van der Waals surface area contributed by atoms with Crippen molar-refractivity contribution in [3.63, 3.8) is 0 Å². The number of carbonyl (C=O) groups is 1. The molecular weight excluding hydrogens is 238 g/mol. The molecule has 18 heavy (non-hydrogen) atoms. The molecule has 5 heteroatoms. The Hall–Kier alpha value is -1.49. The van der Waals surface area contributed by atoms with E-state index in [2.05, 4.69) is 5.32 Å². The van der Waals surface area contributed by atoms with Crippen molar-refractivity contribution in [3.05, 3.63) is 29.8 Å². The molecule has 3 nitrogen and oxygen atoms in total. The molecule has 0 bridgehead atoms. The lowest BCUT2D eigenvalue weighted by atomic mass is 9.84. The summed E-state index contributed by atoms with van der Waals surface area (Å²) in [4.78, 5) is 12.0. The summed E-state index contributed by atoms with van der Waals surface area (Å²) < 4.78 is 26.0. The average Bonchev–Trinajstić information content (AvgIpc) is 2.27. The first-order valence-corrected chi connectivity index (χ1v) is 6.09. The number of amides is 1. The monoisotopic (exact) mass is 254 g/mol. The van der Waals surface area contributed by atoms with Crippen LogP contribution in [0, 0.1) is 17.6 Å². The summed E-state index contributed by atoms with van der Waals surface area (Å²) in [6.45, 7) is 0. The van der Waals surface area contributed by atoms with Crippen LogP contribution < -0.4 is 11.1 Å². The van der Waals surface area contributed by atoms with Crippen LogP contribution >= 0.6 is 0 Å². The minimum atomic E-state index is -0.710. The number of hydrogen-bond acceptors (Lipinski definition) is 2. The van der Waals surface area contributed by atoms with Gasteiger partial charge in [-0.15, -0.1) is 0 Å². The fourth-order valence-electron chi connectivity index (χ4n) is 2.35. The SMILES string of the molecule is NC1CCCCC1C(=O)Nc1cc(F)cc(F)c1. The molecule has 1 saturated carbocycles. The van der Waals surface area contributed by atoms with Gasteiger partial charge in [0.1, 0.15) is 11.6 Å². The number of nitrogens with one attached hydrogen (secondary N) is 1. The lowest BCUT2D eigenvalue weighted by Crippen LogP contribution is -2.40. The van der Waals surface area contributed by atoms with Gasteiger partial charge in [-0.1, -0.05) is 12.8 Å². The molecule has 1 aliphatic rings. The quantitative estimate of drug-likeness (QED) is 0.851. The molecule has 0 heterocycles. The molecule has 1 aromatic carbocycles. The molecular formula is C13H16F2N2O. The van der Waals surface area contributed by atoms with Crippen molar-refractivity contribution in [3.8, 4) is 0 Å². The van der Waals surface area contributed by atoms with Crippen LogP contribution in [0.5, 0.6) is 0 Å². The van der Waals surface area contributed by atoms with E-state index >= 15 is 0 Å². The number of nitrogens with two attached hydrogens (primary N) is 1. The highest BCUT2D eigenvalue weighted by Gasteiger charge is 2.28. The Bertz CT molecular complexity index is 430. The van der Waals surface area contributed by atoms with Gasteiger partial charge in [0.2, 0.25) is 5.91 Å². The van der Waals surface area contributed by atoms with E-state index in [-0.39, 0.29) is 23.6 Å². The summed E-state index contributed by atoms with van der Waals surface area (Å²) in [5, 5.41) is 2.52. The Morgan fingerprint density at radius 1 is 1.17 bits per heavy atom. The molecule has 1 aliphatic carbocycles. The van der Waals surface area contributed by atoms with Crippen molar-refractivity contribution in [1.29, 1.82) is 0 Å². The van der Waals surface area contributed by atoms with Gasteiger partial charge in [-0.25, -0.2) is 8.78 Å². The van der Waals surface area contributed by atoms with Crippen molar-refractivity contribution in [2.24, 2.45) is 11.7 Å². The summed E-state index contributed by atoms with van der Waals surface area (Å²) >= 11 is 0. The minimum absolute atomic E-state index is 0.135. The summed E-state index contributed by atoms with van der Waals surface area (Å²) in [6, 6.07) is 2.78. The van der Waals surface area contributed by atoms with Crippen LogP contribution in [-0.2, 0) is 4.79 Å². The number of rotatable bonds is 2. The largest absolute Gasteiger partial charge is 0.327 e. The second-order valence-corrected chi connectivity index (χ2v) is 4.70. The second kappa shape index (κ2) is 5.44. The van der Waals surface area contributed by atoms with Gasteiger partial charge in [-0.05, 0) is 25.0 Å². The van der Waals surface area contributed by atoms with E-state index in [0.717, 1.165) is 43.9 Å². The zero-order valence-electron chi connectivity index (χ0n) is 9.96. The third kappa shape index (κ3) is 3.04. The lowest BCUT2D eigenvalue weighted by molar-refractivity contribution is -0.121. The van der Waals surface area contributed by atoms with Gasteiger partial charge < -0.3 is 11.1 Å². The van der Waals surface area contributed by atoms with E-state index < -0.39 is 11.6 Å².